The van der Waals surface area contributed by atoms with Gasteiger partial charge in [0.1, 0.15) is 0 Å². The molecule has 0 aromatic heterocycles. The van der Waals surface area contributed by atoms with Gasteiger partial charge in [0.25, 0.3) is 0 Å². The van der Waals surface area contributed by atoms with Crippen LogP contribution < -0.4 is 5.32 Å². The molecule has 2 rings (SSSR count). The number of fused-ring (bicyclic) bond motifs is 1. The molecule has 0 aliphatic rings. The maximum atomic E-state index is 11.9. The Bertz CT molecular complexity index is 613. The average Bonchev–Trinajstić information content (AvgIpc) is 2.46. The highest BCUT2D eigenvalue weighted by Crippen LogP contribution is 2.20. The summed E-state index contributed by atoms with van der Waals surface area (Å²) in [5.41, 5.74) is 1.09. The molecule has 0 saturated carbocycles. The van der Waals surface area contributed by atoms with Crippen LogP contribution in [0.15, 0.2) is 42.5 Å². The van der Waals surface area contributed by atoms with Crippen molar-refractivity contribution in [2.45, 2.75) is 13.0 Å². The number of carbonyl (C=O) groups is 1. The number of amides is 1. The topological polar surface area (TPSA) is 52.6 Å². The summed E-state index contributed by atoms with van der Waals surface area (Å²) in [5.74, 6) is -0.0355. The Hall–Kier alpha value is -1.91. The Balaban J connectivity index is 2.01. The van der Waals surface area contributed by atoms with Crippen LogP contribution in [-0.2, 0) is 4.79 Å². The lowest BCUT2D eigenvalue weighted by Gasteiger charge is -2.18. The Morgan fingerprint density at radius 2 is 1.95 bits per heavy atom. The first-order chi connectivity index (χ1) is 10.1. The van der Waals surface area contributed by atoms with Gasteiger partial charge in [0.15, 0.2) is 0 Å². The van der Waals surface area contributed by atoms with Crippen molar-refractivity contribution in [2.75, 3.05) is 26.7 Å². The summed E-state index contributed by atoms with van der Waals surface area (Å²) in [4.78, 5) is 13.7. The van der Waals surface area contributed by atoms with Crippen LogP contribution in [0.3, 0.4) is 0 Å². The highest BCUT2D eigenvalue weighted by Gasteiger charge is 2.11. The van der Waals surface area contributed by atoms with Crippen LogP contribution in [0.4, 0.5) is 0 Å². The van der Waals surface area contributed by atoms with E-state index in [0.717, 1.165) is 5.56 Å². The average molecular weight is 286 g/mol. The Morgan fingerprint density at radius 1 is 1.24 bits per heavy atom. The second kappa shape index (κ2) is 7.20. The van der Waals surface area contributed by atoms with Gasteiger partial charge in [-0.15, -0.1) is 0 Å². The molecule has 2 N–H and O–H groups in total. The predicted octanol–water partition coefficient (Wildman–Crippen LogP) is 1.94. The summed E-state index contributed by atoms with van der Waals surface area (Å²) >= 11 is 0. The molecule has 0 fully saturated rings. The van der Waals surface area contributed by atoms with Gasteiger partial charge in [0.2, 0.25) is 5.91 Å². The van der Waals surface area contributed by atoms with Crippen molar-refractivity contribution >= 4 is 16.7 Å². The highest BCUT2D eigenvalue weighted by atomic mass is 16.3. The van der Waals surface area contributed by atoms with Crippen LogP contribution >= 0.6 is 0 Å². The van der Waals surface area contributed by atoms with Crippen molar-refractivity contribution < 1.29 is 9.90 Å². The molecule has 0 spiro atoms. The number of hydrogen-bond acceptors (Lipinski definition) is 3. The minimum atomic E-state index is -0.0374. The summed E-state index contributed by atoms with van der Waals surface area (Å²) < 4.78 is 0. The van der Waals surface area contributed by atoms with E-state index in [-0.39, 0.29) is 18.6 Å². The van der Waals surface area contributed by atoms with Gasteiger partial charge in [0.05, 0.1) is 19.2 Å². The molecule has 1 unspecified atom stereocenters. The van der Waals surface area contributed by atoms with Crippen molar-refractivity contribution in [3.63, 3.8) is 0 Å². The van der Waals surface area contributed by atoms with Crippen LogP contribution in [0.5, 0.6) is 0 Å². The molecule has 0 radical (unpaired) electrons. The fraction of sp³-hybridized carbons (Fsp3) is 0.353. The van der Waals surface area contributed by atoms with E-state index in [9.17, 15) is 4.79 Å². The van der Waals surface area contributed by atoms with E-state index in [1.807, 2.05) is 32.2 Å². The number of nitrogens with zero attached hydrogens (tertiary/aromatic N) is 1. The third-order valence-electron chi connectivity index (χ3n) is 3.55. The first-order valence-corrected chi connectivity index (χ1v) is 7.17. The molecule has 0 saturated heterocycles. The summed E-state index contributed by atoms with van der Waals surface area (Å²) in [6.45, 7) is 2.83. The van der Waals surface area contributed by atoms with Gasteiger partial charge in [-0.05, 0) is 36.4 Å². The number of likely N-dealkylation sites (N-methyl/N-ethyl adjacent to an activating group) is 1. The highest BCUT2D eigenvalue weighted by molar-refractivity contribution is 5.83. The molecule has 0 aliphatic carbocycles. The SMILES string of the molecule is CC(NC(=O)CN(C)CCO)c1ccc2ccccc2c1. The van der Waals surface area contributed by atoms with Gasteiger partial charge >= 0.3 is 0 Å². The zero-order valence-electron chi connectivity index (χ0n) is 12.5. The fourth-order valence-corrected chi connectivity index (χ4v) is 2.34. The largest absolute Gasteiger partial charge is 0.395 e. The molecule has 4 nitrogen and oxygen atoms in total. The molecule has 112 valence electrons. The second-order valence-corrected chi connectivity index (χ2v) is 5.36. The fourth-order valence-electron chi connectivity index (χ4n) is 2.34. The van der Waals surface area contributed by atoms with Crippen LogP contribution in [0.2, 0.25) is 0 Å². The maximum absolute atomic E-state index is 11.9. The molecular formula is C17H22N2O2. The van der Waals surface area contributed by atoms with Gasteiger partial charge in [-0.2, -0.15) is 0 Å². The summed E-state index contributed by atoms with van der Waals surface area (Å²) in [7, 11) is 1.82. The second-order valence-electron chi connectivity index (χ2n) is 5.36. The van der Waals surface area contributed by atoms with E-state index >= 15 is 0 Å². The molecule has 2 aromatic carbocycles. The Kier molecular flexibility index (Phi) is 5.31. The quantitative estimate of drug-likeness (QED) is 0.853. The molecule has 21 heavy (non-hydrogen) atoms. The number of aliphatic hydroxyl groups is 1. The molecule has 0 bridgehead atoms. The van der Waals surface area contributed by atoms with Gasteiger partial charge in [-0.1, -0.05) is 36.4 Å². The summed E-state index contributed by atoms with van der Waals surface area (Å²) in [6.07, 6.45) is 0. The first kappa shape index (κ1) is 15.5. The zero-order chi connectivity index (χ0) is 15.2. The van der Waals surface area contributed by atoms with Gasteiger partial charge in [-0.3, -0.25) is 9.69 Å². The van der Waals surface area contributed by atoms with Crippen LogP contribution in [0.1, 0.15) is 18.5 Å². The number of benzene rings is 2. The first-order valence-electron chi connectivity index (χ1n) is 7.17. The van der Waals surface area contributed by atoms with E-state index in [0.29, 0.717) is 13.1 Å². The molecule has 0 heterocycles. The lowest BCUT2D eigenvalue weighted by atomic mass is 10.0. The predicted molar refractivity (Wildman–Crippen MR) is 85.1 cm³/mol. The number of carbonyl (C=O) groups excluding carboxylic acids is 1. The molecular weight excluding hydrogens is 264 g/mol. The minimum Gasteiger partial charge on any atom is -0.395 e. The van der Waals surface area contributed by atoms with Crippen LogP contribution in [0, 0.1) is 0 Å². The normalized spacial score (nSPS) is 12.6. The van der Waals surface area contributed by atoms with Crippen molar-refractivity contribution in [1.82, 2.24) is 10.2 Å². The third kappa shape index (κ3) is 4.28. The van der Waals surface area contributed by atoms with Gasteiger partial charge in [0, 0.05) is 6.54 Å². The molecule has 2 aromatic rings. The Labute approximate surface area is 125 Å². The van der Waals surface area contributed by atoms with E-state index in [1.165, 1.54) is 10.8 Å². The Morgan fingerprint density at radius 3 is 2.67 bits per heavy atom. The van der Waals surface area contributed by atoms with Crippen molar-refractivity contribution in [2.24, 2.45) is 0 Å². The zero-order valence-corrected chi connectivity index (χ0v) is 12.5. The summed E-state index contributed by atoms with van der Waals surface area (Å²) in [6, 6.07) is 14.4. The smallest absolute Gasteiger partial charge is 0.234 e. The van der Waals surface area contributed by atoms with E-state index in [4.69, 9.17) is 5.11 Å². The number of nitrogens with one attached hydrogen (secondary N) is 1. The lowest BCUT2D eigenvalue weighted by molar-refractivity contribution is -0.122. The van der Waals surface area contributed by atoms with Gasteiger partial charge in [-0.25, -0.2) is 0 Å². The molecule has 1 atom stereocenters. The summed E-state index contributed by atoms with van der Waals surface area (Å²) in [5, 5.41) is 14.2. The standard InChI is InChI=1S/C17H22N2O2/c1-13(18-17(21)12-19(2)9-10-20)15-8-7-14-5-3-4-6-16(14)11-15/h3-8,11,13,20H,9-10,12H2,1-2H3,(H,18,21). The van der Waals surface area contributed by atoms with Crippen LogP contribution in [-0.4, -0.2) is 42.7 Å². The molecule has 1 amide bonds. The van der Waals surface area contributed by atoms with Crippen molar-refractivity contribution in [3.8, 4) is 0 Å². The van der Waals surface area contributed by atoms with Crippen molar-refractivity contribution in [1.29, 1.82) is 0 Å². The van der Waals surface area contributed by atoms with E-state index < -0.39 is 0 Å². The minimum absolute atomic E-state index is 0.0355. The maximum Gasteiger partial charge on any atom is 0.234 e. The monoisotopic (exact) mass is 286 g/mol. The van der Waals surface area contributed by atoms with Crippen molar-refractivity contribution in [3.05, 3.63) is 48.0 Å². The number of aliphatic hydroxyl groups excluding tert-OH is 1. The van der Waals surface area contributed by atoms with Gasteiger partial charge < -0.3 is 10.4 Å². The number of rotatable bonds is 6. The number of hydrogen-bond donors (Lipinski definition) is 2. The molecule has 4 heteroatoms. The molecule has 0 aliphatic heterocycles. The van der Waals surface area contributed by atoms with E-state index in [2.05, 4.69) is 29.6 Å². The lowest BCUT2D eigenvalue weighted by Crippen LogP contribution is -2.37. The van der Waals surface area contributed by atoms with E-state index in [1.54, 1.807) is 4.90 Å². The van der Waals surface area contributed by atoms with Crippen LogP contribution in [0.25, 0.3) is 10.8 Å². The third-order valence-corrected chi connectivity index (χ3v) is 3.55.